The Balaban J connectivity index is 1.67. The van der Waals surface area contributed by atoms with Crippen LogP contribution in [0.4, 0.5) is 0 Å². The highest BCUT2D eigenvalue weighted by Gasteiger charge is 2.35. The quantitative estimate of drug-likeness (QED) is 0.825. The Kier molecular flexibility index (Phi) is 3.29. The second kappa shape index (κ2) is 5.09. The fourth-order valence-electron chi connectivity index (χ4n) is 2.82. The fraction of sp³-hybridized carbons (Fsp3) is 0.500. The van der Waals surface area contributed by atoms with Gasteiger partial charge in [-0.25, -0.2) is 0 Å². The molecule has 0 bridgehead atoms. The van der Waals surface area contributed by atoms with E-state index in [9.17, 15) is 9.59 Å². The average molecular weight is 259 g/mol. The van der Waals surface area contributed by atoms with E-state index in [0.29, 0.717) is 23.6 Å². The summed E-state index contributed by atoms with van der Waals surface area (Å²) in [5.41, 5.74) is 0.927. The summed E-state index contributed by atoms with van der Waals surface area (Å²) in [7, 11) is 0. The number of hydrogen-bond donors (Lipinski definition) is 1. The highest BCUT2D eigenvalue weighted by Crippen LogP contribution is 2.23. The maximum atomic E-state index is 12.1. The van der Waals surface area contributed by atoms with Crippen molar-refractivity contribution < 1.29 is 9.59 Å². The van der Waals surface area contributed by atoms with Crippen LogP contribution in [0.2, 0.25) is 0 Å². The Morgan fingerprint density at radius 1 is 1.32 bits per heavy atom. The Morgan fingerprint density at radius 3 is 2.89 bits per heavy atom. The van der Waals surface area contributed by atoms with Gasteiger partial charge in [0.15, 0.2) is 0 Å². The highest BCUT2D eigenvalue weighted by atomic mass is 16.2. The predicted octanol–water partition coefficient (Wildman–Crippen LogP) is 1.07. The van der Waals surface area contributed by atoms with Crippen LogP contribution >= 0.6 is 0 Å². The maximum Gasteiger partial charge on any atom is 0.263 e. The molecule has 1 unspecified atom stereocenters. The molecule has 2 aliphatic heterocycles. The SMILES string of the molecule is O=C1c2ccncc2C(=O)N1CCC1CCCNC1. The number of pyridine rings is 1. The van der Waals surface area contributed by atoms with E-state index in [1.807, 2.05) is 0 Å². The van der Waals surface area contributed by atoms with E-state index >= 15 is 0 Å². The summed E-state index contributed by atoms with van der Waals surface area (Å²) in [6.07, 6.45) is 6.27. The number of hydrogen-bond acceptors (Lipinski definition) is 4. The first-order valence-electron chi connectivity index (χ1n) is 6.78. The molecule has 2 aliphatic rings. The highest BCUT2D eigenvalue weighted by molar-refractivity contribution is 6.21. The van der Waals surface area contributed by atoms with Gasteiger partial charge in [-0.1, -0.05) is 0 Å². The Bertz CT molecular complexity index is 474. The van der Waals surface area contributed by atoms with Crippen LogP contribution in [0.1, 0.15) is 40.0 Å². The van der Waals surface area contributed by atoms with Gasteiger partial charge in [0.25, 0.3) is 11.8 Å². The largest absolute Gasteiger partial charge is 0.316 e. The van der Waals surface area contributed by atoms with Crippen LogP contribution in [0.15, 0.2) is 18.5 Å². The first kappa shape index (κ1) is 12.3. The lowest BCUT2D eigenvalue weighted by molar-refractivity contribution is 0.0643. The van der Waals surface area contributed by atoms with Crippen molar-refractivity contribution in [3.8, 4) is 0 Å². The molecule has 1 fully saturated rings. The topological polar surface area (TPSA) is 62.3 Å². The average Bonchev–Trinajstić information content (AvgIpc) is 2.71. The van der Waals surface area contributed by atoms with E-state index < -0.39 is 0 Å². The monoisotopic (exact) mass is 259 g/mol. The summed E-state index contributed by atoms with van der Waals surface area (Å²) in [4.78, 5) is 29.5. The van der Waals surface area contributed by atoms with E-state index in [-0.39, 0.29) is 11.8 Å². The van der Waals surface area contributed by atoms with Gasteiger partial charge < -0.3 is 5.32 Å². The molecule has 1 atom stereocenters. The molecule has 5 nitrogen and oxygen atoms in total. The minimum atomic E-state index is -0.197. The molecule has 0 spiro atoms. The van der Waals surface area contributed by atoms with Crippen molar-refractivity contribution >= 4 is 11.8 Å². The number of aromatic nitrogens is 1. The molecule has 5 heteroatoms. The zero-order chi connectivity index (χ0) is 13.2. The molecule has 2 amide bonds. The molecule has 100 valence electrons. The Labute approximate surface area is 112 Å². The summed E-state index contributed by atoms with van der Waals surface area (Å²) in [5.74, 6) is 0.194. The molecular weight excluding hydrogens is 242 g/mol. The number of piperidine rings is 1. The summed E-state index contributed by atoms with van der Waals surface area (Å²) in [6.45, 7) is 2.58. The number of nitrogens with one attached hydrogen (secondary N) is 1. The third-order valence-electron chi connectivity index (χ3n) is 3.93. The lowest BCUT2D eigenvalue weighted by Crippen LogP contribution is -2.35. The normalized spacial score (nSPS) is 22.7. The molecule has 0 aromatic carbocycles. The van der Waals surface area contributed by atoms with Crippen LogP contribution in [-0.2, 0) is 0 Å². The number of rotatable bonds is 3. The fourth-order valence-corrected chi connectivity index (χ4v) is 2.82. The zero-order valence-electron chi connectivity index (χ0n) is 10.8. The third kappa shape index (κ3) is 2.26. The minimum absolute atomic E-state index is 0.175. The third-order valence-corrected chi connectivity index (χ3v) is 3.93. The minimum Gasteiger partial charge on any atom is -0.316 e. The van der Waals surface area contributed by atoms with Crippen LogP contribution in [0, 0.1) is 5.92 Å². The van der Waals surface area contributed by atoms with Crippen LogP contribution < -0.4 is 5.32 Å². The maximum absolute atomic E-state index is 12.1. The van der Waals surface area contributed by atoms with E-state index in [4.69, 9.17) is 0 Å². The van der Waals surface area contributed by atoms with Crippen molar-refractivity contribution in [1.29, 1.82) is 0 Å². The number of carbonyl (C=O) groups excluding carboxylic acids is 2. The van der Waals surface area contributed by atoms with Gasteiger partial charge >= 0.3 is 0 Å². The summed E-state index contributed by atoms with van der Waals surface area (Å²) in [5, 5.41) is 3.35. The lowest BCUT2D eigenvalue weighted by atomic mass is 9.96. The van der Waals surface area contributed by atoms with Gasteiger partial charge in [-0.3, -0.25) is 19.5 Å². The molecule has 0 aliphatic carbocycles. The summed E-state index contributed by atoms with van der Waals surface area (Å²) in [6, 6.07) is 1.62. The summed E-state index contributed by atoms with van der Waals surface area (Å²) < 4.78 is 0. The van der Waals surface area contributed by atoms with Gasteiger partial charge in [0.2, 0.25) is 0 Å². The van der Waals surface area contributed by atoms with Crippen molar-refractivity contribution in [2.24, 2.45) is 5.92 Å². The molecule has 1 aromatic rings. The first-order valence-corrected chi connectivity index (χ1v) is 6.78. The smallest absolute Gasteiger partial charge is 0.263 e. The molecule has 3 heterocycles. The molecule has 0 saturated carbocycles. The van der Waals surface area contributed by atoms with Crippen molar-refractivity contribution in [2.45, 2.75) is 19.3 Å². The van der Waals surface area contributed by atoms with Gasteiger partial charge in [0.05, 0.1) is 11.1 Å². The van der Waals surface area contributed by atoms with E-state index in [0.717, 1.165) is 19.5 Å². The first-order chi connectivity index (χ1) is 9.27. The van der Waals surface area contributed by atoms with Gasteiger partial charge in [0, 0.05) is 18.9 Å². The predicted molar refractivity (Wildman–Crippen MR) is 69.8 cm³/mol. The van der Waals surface area contributed by atoms with Crippen molar-refractivity contribution in [2.75, 3.05) is 19.6 Å². The number of nitrogens with zero attached hydrogens (tertiary/aromatic N) is 2. The molecule has 3 rings (SSSR count). The van der Waals surface area contributed by atoms with Crippen LogP contribution in [0.3, 0.4) is 0 Å². The number of carbonyl (C=O) groups is 2. The Morgan fingerprint density at radius 2 is 2.16 bits per heavy atom. The van der Waals surface area contributed by atoms with Crippen molar-refractivity contribution in [3.05, 3.63) is 29.6 Å². The number of imide groups is 1. The van der Waals surface area contributed by atoms with Gasteiger partial charge in [-0.15, -0.1) is 0 Å². The molecule has 1 saturated heterocycles. The van der Waals surface area contributed by atoms with E-state index in [1.54, 1.807) is 12.3 Å². The van der Waals surface area contributed by atoms with Crippen LogP contribution in [-0.4, -0.2) is 41.3 Å². The number of fused-ring (bicyclic) bond motifs is 1. The van der Waals surface area contributed by atoms with Gasteiger partial charge in [-0.2, -0.15) is 0 Å². The standard InChI is InChI=1S/C14H17N3O2/c18-13-11-3-6-16-9-12(11)14(19)17(13)7-4-10-2-1-5-15-8-10/h3,6,9-10,15H,1-2,4-5,7-8H2. The zero-order valence-corrected chi connectivity index (χ0v) is 10.8. The van der Waals surface area contributed by atoms with E-state index in [1.165, 1.54) is 23.9 Å². The molecule has 0 radical (unpaired) electrons. The van der Waals surface area contributed by atoms with Crippen LogP contribution in [0.25, 0.3) is 0 Å². The number of amides is 2. The lowest BCUT2D eigenvalue weighted by Gasteiger charge is -2.24. The Hall–Kier alpha value is -1.75. The summed E-state index contributed by atoms with van der Waals surface area (Å²) >= 11 is 0. The van der Waals surface area contributed by atoms with Gasteiger partial charge in [-0.05, 0) is 44.3 Å². The second-order valence-electron chi connectivity index (χ2n) is 5.18. The molecular formula is C14H17N3O2. The van der Waals surface area contributed by atoms with Crippen molar-refractivity contribution in [3.63, 3.8) is 0 Å². The second-order valence-corrected chi connectivity index (χ2v) is 5.18. The van der Waals surface area contributed by atoms with Gasteiger partial charge in [0.1, 0.15) is 0 Å². The van der Waals surface area contributed by atoms with Crippen molar-refractivity contribution in [1.82, 2.24) is 15.2 Å². The van der Waals surface area contributed by atoms with Crippen LogP contribution in [0.5, 0.6) is 0 Å². The molecule has 19 heavy (non-hydrogen) atoms. The molecule has 1 aromatic heterocycles. The molecule has 1 N–H and O–H groups in total. The van der Waals surface area contributed by atoms with E-state index in [2.05, 4.69) is 10.3 Å².